The van der Waals surface area contributed by atoms with Crippen LogP contribution in [0.1, 0.15) is 33.1 Å². The second kappa shape index (κ2) is 4.97. The zero-order valence-corrected chi connectivity index (χ0v) is 9.23. The molecule has 2 nitrogen and oxygen atoms in total. The Hall–Kier alpha value is -0.0800. The van der Waals surface area contributed by atoms with Gasteiger partial charge in [0, 0.05) is 20.3 Å². The van der Waals surface area contributed by atoms with Crippen molar-refractivity contribution in [3.05, 3.63) is 0 Å². The number of hydrogen-bond acceptors (Lipinski definition) is 2. The van der Waals surface area contributed by atoms with E-state index in [1.165, 1.54) is 25.8 Å². The molecule has 0 aromatic carbocycles. The van der Waals surface area contributed by atoms with Crippen molar-refractivity contribution < 1.29 is 4.74 Å². The molecule has 1 saturated carbocycles. The summed E-state index contributed by atoms with van der Waals surface area (Å²) in [6, 6.07) is 0. The number of nitrogens with one attached hydrogen (secondary N) is 1. The van der Waals surface area contributed by atoms with Gasteiger partial charge in [0.2, 0.25) is 0 Å². The second-order valence-electron chi connectivity index (χ2n) is 4.54. The molecule has 1 fully saturated rings. The first kappa shape index (κ1) is 11.0. The SMILES string of the molecule is CCC1(CNCC(C)COC)CC1. The van der Waals surface area contributed by atoms with Gasteiger partial charge in [-0.25, -0.2) is 0 Å². The lowest BCUT2D eigenvalue weighted by molar-refractivity contribution is 0.157. The van der Waals surface area contributed by atoms with Crippen LogP contribution >= 0.6 is 0 Å². The fourth-order valence-electron chi connectivity index (χ4n) is 1.76. The zero-order valence-electron chi connectivity index (χ0n) is 9.23. The summed E-state index contributed by atoms with van der Waals surface area (Å²) in [6.45, 7) is 7.69. The molecular weight excluding hydrogens is 162 g/mol. The van der Waals surface area contributed by atoms with Gasteiger partial charge in [0.25, 0.3) is 0 Å². The molecule has 0 spiro atoms. The first-order chi connectivity index (χ1) is 6.22. The minimum absolute atomic E-state index is 0.637. The van der Waals surface area contributed by atoms with Gasteiger partial charge in [0.1, 0.15) is 0 Å². The summed E-state index contributed by atoms with van der Waals surface area (Å²) < 4.78 is 5.09. The molecular formula is C11H23NO. The summed E-state index contributed by atoms with van der Waals surface area (Å²) in [7, 11) is 1.77. The van der Waals surface area contributed by atoms with E-state index in [0.717, 1.165) is 13.2 Å². The third kappa shape index (κ3) is 3.65. The Morgan fingerprint density at radius 2 is 2.15 bits per heavy atom. The molecule has 0 aliphatic heterocycles. The van der Waals surface area contributed by atoms with Gasteiger partial charge in [-0.3, -0.25) is 0 Å². The molecule has 0 bridgehead atoms. The van der Waals surface area contributed by atoms with Crippen LogP contribution < -0.4 is 5.32 Å². The summed E-state index contributed by atoms with van der Waals surface area (Å²) in [5.41, 5.74) is 0.673. The highest BCUT2D eigenvalue weighted by Gasteiger charge is 2.39. The fraction of sp³-hybridized carbons (Fsp3) is 1.00. The van der Waals surface area contributed by atoms with E-state index in [-0.39, 0.29) is 0 Å². The number of rotatable bonds is 7. The fourth-order valence-corrected chi connectivity index (χ4v) is 1.76. The number of methoxy groups -OCH3 is 1. The van der Waals surface area contributed by atoms with E-state index in [9.17, 15) is 0 Å². The van der Waals surface area contributed by atoms with E-state index in [4.69, 9.17) is 4.74 Å². The summed E-state index contributed by atoms with van der Waals surface area (Å²) in [4.78, 5) is 0. The molecule has 0 saturated heterocycles. The van der Waals surface area contributed by atoms with E-state index >= 15 is 0 Å². The number of ether oxygens (including phenoxy) is 1. The molecule has 1 unspecified atom stereocenters. The highest BCUT2D eigenvalue weighted by Crippen LogP contribution is 2.47. The monoisotopic (exact) mass is 185 g/mol. The van der Waals surface area contributed by atoms with Crippen LogP contribution in [-0.4, -0.2) is 26.8 Å². The normalized spacial score (nSPS) is 21.5. The Morgan fingerprint density at radius 3 is 2.62 bits per heavy atom. The molecule has 1 N–H and O–H groups in total. The number of hydrogen-bond donors (Lipinski definition) is 1. The summed E-state index contributed by atoms with van der Waals surface area (Å²) in [5.74, 6) is 0.637. The van der Waals surface area contributed by atoms with Crippen molar-refractivity contribution in [3.63, 3.8) is 0 Å². The van der Waals surface area contributed by atoms with Crippen molar-refractivity contribution in [2.45, 2.75) is 33.1 Å². The summed E-state index contributed by atoms with van der Waals surface area (Å²) in [5, 5.41) is 3.54. The Bertz CT molecular complexity index is 143. The minimum Gasteiger partial charge on any atom is -0.384 e. The molecule has 2 heteroatoms. The van der Waals surface area contributed by atoms with Crippen LogP contribution in [0.25, 0.3) is 0 Å². The van der Waals surface area contributed by atoms with Gasteiger partial charge in [-0.05, 0) is 37.1 Å². The van der Waals surface area contributed by atoms with Crippen LogP contribution in [0.15, 0.2) is 0 Å². The van der Waals surface area contributed by atoms with Gasteiger partial charge in [-0.15, -0.1) is 0 Å². The van der Waals surface area contributed by atoms with Crippen LogP contribution in [0, 0.1) is 11.3 Å². The van der Waals surface area contributed by atoms with Gasteiger partial charge < -0.3 is 10.1 Å². The van der Waals surface area contributed by atoms with Gasteiger partial charge in [0.05, 0.1) is 0 Å². The van der Waals surface area contributed by atoms with Crippen molar-refractivity contribution in [1.29, 1.82) is 0 Å². The quantitative estimate of drug-likeness (QED) is 0.655. The Balaban J connectivity index is 2.00. The van der Waals surface area contributed by atoms with E-state index < -0.39 is 0 Å². The molecule has 1 aliphatic carbocycles. The van der Waals surface area contributed by atoms with Crippen molar-refractivity contribution in [3.8, 4) is 0 Å². The molecule has 1 atom stereocenters. The largest absolute Gasteiger partial charge is 0.384 e. The van der Waals surface area contributed by atoms with E-state index in [0.29, 0.717) is 11.3 Å². The summed E-state index contributed by atoms with van der Waals surface area (Å²) >= 11 is 0. The predicted molar refractivity (Wildman–Crippen MR) is 55.9 cm³/mol. The Kier molecular flexibility index (Phi) is 4.20. The van der Waals surface area contributed by atoms with Crippen molar-refractivity contribution in [1.82, 2.24) is 5.32 Å². The molecule has 13 heavy (non-hydrogen) atoms. The molecule has 0 aromatic heterocycles. The Morgan fingerprint density at radius 1 is 1.46 bits per heavy atom. The molecule has 78 valence electrons. The second-order valence-corrected chi connectivity index (χ2v) is 4.54. The molecule has 0 radical (unpaired) electrons. The van der Waals surface area contributed by atoms with Crippen LogP contribution in [0.2, 0.25) is 0 Å². The smallest absolute Gasteiger partial charge is 0.0499 e. The van der Waals surface area contributed by atoms with Crippen molar-refractivity contribution >= 4 is 0 Å². The average molecular weight is 185 g/mol. The maximum atomic E-state index is 5.09. The van der Waals surface area contributed by atoms with E-state index in [1.54, 1.807) is 7.11 Å². The molecule has 1 aliphatic rings. The maximum Gasteiger partial charge on any atom is 0.0499 e. The topological polar surface area (TPSA) is 21.3 Å². The maximum absolute atomic E-state index is 5.09. The van der Waals surface area contributed by atoms with Crippen LogP contribution in [0.5, 0.6) is 0 Å². The first-order valence-electron chi connectivity index (χ1n) is 5.42. The lowest BCUT2D eigenvalue weighted by Gasteiger charge is -2.16. The zero-order chi connectivity index (χ0) is 9.73. The van der Waals surface area contributed by atoms with Crippen LogP contribution in [-0.2, 0) is 4.74 Å². The molecule has 1 rings (SSSR count). The first-order valence-corrected chi connectivity index (χ1v) is 5.42. The third-order valence-electron chi connectivity index (χ3n) is 3.15. The van der Waals surface area contributed by atoms with Crippen molar-refractivity contribution in [2.75, 3.05) is 26.8 Å². The van der Waals surface area contributed by atoms with Crippen molar-refractivity contribution in [2.24, 2.45) is 11.3 Å². The molecule has 0 aromatic rings. The van der Waals surface area contributed by atoms with Crippen LogP contribution in [0.4, 0.5) is 0 Å². The average Bonchev–Trinajstić information content (AvgIpc) is 2.86. The Labute approximate surface area is 82.0 Å². The van der Waals surface area contributed by atoms with E-state index in [2.05, 4.69) is 19.2 Å². The molecule has 0 heterocycles. The third-order valence-corrected chi connectivity index (χ3v) is 3.15. The minimum atomic E-state index is 0.637. The van der Waals surface area contributed by atoms with Gasteiger partial charge in [-0.2, -0.15) is 0 Å². The van der Waals surface area contributed by atoms with Gasteiger partial charge >= 0.3 is 0 Å². The van der Waals surface area contributed by atoms with Gasteiger partial charge in [0.15, 0.2) is 0 Å². The highest BCUT2D eigenvalue weighted by molar-refractivity contribution is 4.93. The van der Waals surface area contributed by atoms with Gasteiger partial charge in [-0.1, -0.05) is 13.8 Å². The lowest BCUT2D eigenvalue weighted by Crippen LogP contribution is -2.29. The highest BCUT2D eigenvalue weighted by atomic mass is 16.5. The van der Waals surface area contributed by atoms with Crippen LogP contribution in [0.3, 0.4) is 0 Å². The lowest BCUT2D eigenvalue weighted by atomic mass is 10.0. The predicted octanol–water partition coefficient (Wildman–Crippen LogP) is 2.05. The standard InChI is InChI=1S/C11H23NO/c1-4-11(5-6-11)9-12-7-10(2)8-13-3/h10,12H,4-9H2,1-3H3. The molecule has 0 amide bonds. The summed E-state index contributed by atoms with van der Waals surface area (Å²) in [6.07, 6.45) is 4.18. The van der Waals surface area contributed by atoms with E-state index in [1.807, 2.05) is 0 Å².